The summed E-state index contributed by atoms with van der Waals surface area (Å²) in [5, 5.41) is 0. The van der Waals surface area contributed by atoms with Crippen molar-refractivity contribution in [3.63, 3.8) is 0 Å². The maximum Gasteiger partial charge on any atom is 0.527 e. The zero-order chi connectivity index (χ0) is 35.2. The molecular formula is C38H54AlIO9. The molecule has 3 fully saturated rings. The van der Waals surface area contributed by atoms with Gasteiger partial charge in [-0.2, -0.15) is 20.3 Å². The first kappa shape index (κ1) is 39.1. The van der Waals surface area contributed by atoms with Crippen LogP contribution >= 0.6 is 20.3 Å². The van der Waals surface area contributed by atoms with Crippen LogP contribution < -0.4 is 0 Å². The lowest BCUT2D eigenvalue weighted by molar-refractivity contribution is -0.357. The van der Waals surface area contributed by atoms with Gasteiger partial charge in [0.05, 0.1) is 37.1 Å². The van der Waals surface area contributed by atoms with Gasteiger partial charge >= 0.3 is 18.2 Å². The normalized spacial score (nSPS) is 39.7. The van der Waals surface area contributed by atoms with Crippen molar-refractivity contribution in [2.45, 2.75) is 117 Å². The quantitative estimate of drug-likeness (QED) is 0.129. The van der Waals surface area contributed by atoms with Gasteiger partial charge in [-0.05, 0) is 55.2 Å². The number of carbonyl (C=O) groups excluding carboxylic acids is 1. The van der Waals surface area contributed by atoms with E-state index >= 15 is 0 Å². The van der Waals surface area contributed by atoms with E-state index < -0.39 is 55.4 Å². The second kappa shape index (κ2) is 18.1. The molecule has 3 aliphatic heterocycles. The Bertz CT molecular complexity index is 1310. The molecule has 3 heterocycles. The van der Waals surface area contributed by atoms with Crippen LogP contribution in [0.15, 0.2) is 60.7 Å². The smallest absolute Gasteiger partial charge is 0.471 e. The van der Waals surface area contributed by atoms with Crippen LogP contribution in [0.5, 0.6) is 0 Å². The Morgan fingerprint density at radius 2 is 1.27 bits per heavy atom. The third-order valence-corrected chi connectivity index (χ3v) is 12.9. The summed E-state index contributed by atoms with van der Waals surface area (Å²) in [4.78, 5) is 13.7. The van der Waals surface area contributed by atoms with E-state index in [1.165, 1.54) is 0 Å². The molecule has 2 aromatic rings. The largest absolute Gasteiger partial charge is 0.527 e. The maximum atomic E-state index is 13.7. The lowest BCUT2D eigenvalue weighted by atomic mass is 9.79. The molecule has 3 aliphatic rings. The van der Waals surface area contributed by atoms with Gasteiger partial charge in [-0.3, -0.25) is 0 Å². The van der Waals surface area contributed by atoms with Crippen LogP contribution in [0.25, 0.3) is 0 Å². The van der Waals surface area contributed by atoms with E-state index in [2.05, 4.69) is 80.9 Å². The third-order valence-electron chi connectivity index (χ3n) is 11.3. The fourth-order valence-corrected chi connectivity index (χ4v) is 8.57. The Morgan fingerprint density at radius 3 is 1.94 bits per heavy atom. The predicted octanol–water partition coefficient (Wildman–Crippen LogP) is 6.95. The van der Waals surface area contributed by atoms with E-state index in [0.29, 0.717) is 24.7 Å². The highest BCUT2D eigenvalue weighted by Crippen LogP contribution is 2.41. The van der Waals surface area contributed by atoms with Crippen molar-refractivity contribution in [1.82, 2.24) is 0 Å². The Morgan fingerprint density at radius 1 is 0.653 bits per heavy atom. The van der Waals surface area contributed by atoms with E-state index in [0.717, 1.165) is 5.56 Å². The van der Waals surface area contributed by atoms with Crippen molar-refractivity contribution in [3.05, 3.63) is 71.8 Å². The Kier molecular flexibility index (Phi) is 14.4. The molecule has 0 bridgehead atoms. The number of benzene rings is 2. The molecule has 15 atom stereocenters. The Balaban J connectivity index is 1.39. The van der Waals surface area contributed by atoms with E-state index in [9.17, 15) is 4.79 Å². The molecule has 0 aromatic heterocycles. The summed E-state index contributed by atoms with van der Waals surface area (Å²) in [7, 11) is 0. The van der Waals surface area contributed by atoms with Crippen LogP contribution in [0, 0.1) is 35.5 Å². The minimum Gasteiger partial charge on any atom is -0.471 e. The van der Waals surface area contributed by atoms with Gasteiger partial charge in [0, 0.05) is 11.8 Å². The highest BCUT2D eigenvalue weighted by molar-refractivity contribution is 14.1. The first-order valence-corrected chi connectivity index (χ1v) is 23.5. The standard InChI is InChI=1S/C38H53O9.Al.HI.H/c1-21-23(3)31(20-41-19-29-15-11-9-12-16-29)44-37(25(21)5)46-32-26(6)28(8)43-38(34(32)45-35(39)30-17-13-10-14-18-30)47-33-24(4)22(2)27(7)42-36(33)40;;;/h9-18,21-28,31-34,36-38H,19-20H2,1-8H3;;1H;/q-1;+2;;/p-1/t21?,22-,23+,24+,25?,26+,27?,28?,31+,32+,33?,34?,36-,37-,38+;;;/m1.../s1. The van der Waals surface area contributed by atoms with Crippen LogP contribution in [0.2, 0.25) is 0 Å². The van der Waals surface area contributed by atoms with E-state index in [-0.39, 0.29) is 47.9 Å². The van der Waals surface area contributed by atoms with Gasteiger partial charge in [0.25, 0.3) is 0 Å². The lowest BCUT2D eigenvalue weighted by Gasteiger charge is -2.50. The molecule has 11 heteroatoms. The van der Waals surface area contributed by atoms with Crippen molar-refractivity contribution >= 4 is 38.5 Å². The summed E-state index contributed by atoms with van der Waals surface area (Å²) in [6, 6.07) is 19.2. The van der Waals surface area contributed by atoms with Gasteiger partial charge in [-0.25, -0.2) is 4.79 Å². The van der Waals surface area contributed by atoms with Gasteiger partial charge in [-0.1, -0.05) is 90.1 Å². The summed E-state index contributed by atoms with van der Waals surface area (Å²) in [6.07, 6.45) is -4.27. The molecule has 0 radical (unpaired) electrons. The van der Waals surface area contributed by atoms with Gasteiger partial charge in [0.1, 0.15) is 12.2 Å². The number of hydrogen-bond acceptors (Lipinski definition) is 9. The molecule has 0 aliphatic carbocycles. The Hall–Kier alpha value is -1.11. The average molecular weight is 809 g/mol. The zero-order valence-corrected chi connectivity index (χ0v) is 33.7. The van der Waals surface area contributed by atoms with Crippen LogP contribution in [-0.4, -0.2) is 80.3 Å². The lowest BCUT2D eigenvalue weighted by Crippen LogP contribution is -2.61. The predicted molar refractivity (Wildman–Crippen MR) is 196 cm³/mol. The summed E-state index contributed by atoms with van der Waals surface area (Å²) in [6.45, 7) is 18.1. The van der Waals surface area contributed by atoms with Gasteiger partial charge < -0.3 is 36.9 Å². The zero-order valence-electron chi connectivity index (χ0n) is 30.1. The van der Waals surface area contributed by atoms with E-state index in [1.54, 1.807) is 12.1 Å². The van der Waals surface area contributed by atoms with Crippen molar-refractivity contribution in [1.29, 1.82) is 0 Å². The van der Waals surface area contributed by atoms with Crippen molar-refractivity contribution < 1.29 is 41.7 Å². The third kappa shape index (κ3) is 9.47. The second-order valence-electron chi connectivity index (χ2n) is 14.3. The van der Waals surface area contributed by atoms with Crippen molar-refractivity contribution in [2.24, 2.45) is 35.5 Å². The number of ether oxygens (including phenoxy) is 7. The number of rotatable bonds is 12. The molecule has 0 amide bonds. The fourth-order valence-electron chi connectivity index (χ4n) is 7.11. The topological polar surface area (TPSA) is 90.9 Å². The van der Waals surface area contributed by atoms with Gasteiger partial charge in [-0.15, -0.1) is 0 Å². The first-order valence-electron chi connectivity index (χ1n) is 17.8. The van der Waals surface area contributed by atoms with Crippen LogP contribution in [0.1, 0.15) is 71.3 Å². The minimum absolute atomic E-state index is 0.0183. The van der Waals surface area contributed by atoms with Crippen LogP contribution in [0.3, 0.4) is 0 Å². The van der Waals surface area contributed by atoms with Crippen molar-refractivity contribution in [3.8, 4) is 0 Å². The highest BCUT2D eigenvalue weighted by atomic mass is 127. The molecule has 0 saturated carbocycles. The van der Waals surface area contributed by atoms with Gasteiger partial charge in [0.15, 0.2) is 25.0 Å². The Labute approximate surface area is 310 Å². The van der Waals surface area contributed by atoms with E-state index in [1.807, 2.05) is 43.3 Å². The summed E-state index contributed by atoms with van der Waals surface area (Å²) in [5.41, 5.74) is 1.56. The minimum atomic E-state index is -0.914. The van der Waals surface area contributed by atoms with Crippen LogP contribution in [0.4, 0.5) is 0 Å². The number of esters is 1. The molecule has 5 rings (SSSR count). The molecule has 6 unspecified atom stereocenters. The van der Waals surface area contributed by atoms with Crippen LogP contribution in [-0.2, 0) is 43.6 Å². The second-order valence-corrected chi connectivity index (χ2v) is 16.8. The van der Waals surface area contributed by atoms with Gasteiger partial charge in [0.2, 0.25) is 0 Å². The monoisotopic (exact) mass is 808 g/mol. The number of hydrogen-bond donors (Lipinski definition) is 0. The summed E-state index contributed by atoms with van der Waals surface area (Å²) >= 11 is 1.48. The van der Waals surface area contributed by atoms with Crippen molar-refractivity contribution in [2.75, 3.05) is 6.61 Å². The first-order chi connectivity index (χ1) is 23.5. The number of carbonyl (C=O) groups is 1. The molecule has 270 valence electrons. The van der Waals surface area contributed by atoms with E-state index in [4.69, 9.17) is 36.9 Å². The molecule has 2 aromatic carbocycles. The SMILES string of the molecule is CC1C(C)[C@H](C)[C@H](COCc2ccccc2)O[C@@H]1O[C@@H]1C(OC(=O)c2ccccc2)[C@H](OC2[C@H]([O][AlH][I])OC(C)[C@H](C)[C@@H]2C)OC(C)[C@@H]1C. The fraction of sp³-hybridized carbons (Fsp3) is 0.658. The highest BCUT2D eigenvalue weighted by Gasteiger charge is 2.52. The molecule has 0 N–H and O–H groups in total. The molecule has 9 nitrogen and oxygen atoms in total. The average Bonchev–Trinajstić information content (AvgIpc) is 3.10. The number of halogens is 1. The summed E-state index contributed by atoms with van der Waals surface area (Å²) in [5.74, 6) is 0.361. The molecule has 49 heavy (non-hydrogen) atoms. The molecule has 0 spiro atoms. The molecule has 3 saturated heterocycles. The molecular weight excluding hydrogens is 754 g/mol. The summed E-state index contributed by atoms with van der Waals surface area (Å²) < 4.78 is 52.0. The maximum absolute atomic E-state index is 13.7.